The molecule has 96 valence electrons. The molecule has 3 aromatic rings. The van der Waals surface area contributed by atoms with Crippen LogP contribution in [0.5, 0.6) is 0 Å². The third-order valence-corrected chi connectivity index (χ3v) is 4.49. The average Bonchev–Trinajstić information content (AvgIpc) is 3.04. The van der Waals surface area contributed by atoms with Gasteiger partial charge in [0.25, 0.3) is 5.56 Å². The molecule has 3 nitrogen and oxygen atoms in total. The summed E-state index contributed by atoms with van der Waals surface area (Å²) in [6.45, 7) is 0.290. The van der Waals surface area contributed by atoms with E-state index >= 15 is 0 Å². The van der Waals surface area contributed by atoms with Crippen LogP contribution in [-0.2, 0) is 6.54 Å². The highest BCUT2D eigenvalue weighted by atomic mass is 32.1. The summed E-state index contributed by atoms with van der Waals surface area (Å²) in [5.74, 6) is -0.423. The van der Waals surface area contributed by atoms with Crippen LogP contribution in [0.4, 0.5) is 4.39 Å². The topological polar surface area (TPSA) is 34.9 Å². The van der Waals surface area contributed by atoms with Crippen molar-refractivity contribution in [3.63, 3.8) is 0 Å². The summed E-state index contributed by atoms with van der Waals surface area (Å²) in [7, 11) is 0. The molecule has 0 fully saturated rings. The van der Waals surface area contributed by atoms with Crippen molar-refractivity contribution in [2.45, 2.75) is 6.54 Å². The second-order valence-electron chi connectivity index (χ2n) is 3.93. The van der Waals surface area contributed by atoms with Gasteiger partial charge in [-0.05, 0) is 17.5 Å². The zero-order valence-corrected chi connectivity index (χ0v) is 11.4. The van der Waals surface area contributed by atoms with Crippen molar-refractivity contribution >= 4 is 22.7 Å². The van der Waals surface area contributed by atoms with E-state index in [0.717, 1.165) is 21.6 Å². The fraction of sp³-hybridized carbons (Fsp3) is 0.0769. The number of hydrogen-bond donors (Lipinski definition) is 0. The zero-order chi connectivity index (χ0) is 13.2. The summed E-state index contributed by atoms with van der Waals surface area (Å²) in [5.41, 5.74) is 0.535. The Kier molecular flexibility index (Phi) is 3.27. The maximum Gasteiger partial charge on any atom is 0.251 e. The van der Waals surface area contributed by atoms with E-state index in [9.17, 15) is 9.18 Å². The largest absolute Gasteiger partial charge is 0.307 e. The van der Waals surface area contributed by atoms with Crippen LogP contribution in [-0.4, -0.2) is 9.55 Å². The smallest absolute Gasteiger partial charge is 0.251 e. The molecular weight excluding hydrogens is 283 g/mol. The highest BCUT2D eigenvalue weighted by molar-refractivity contribution is 7.20. The van der Waals surface area contributed by atoms with Crippen molar-refractivity contribution < 1.29 is 4.39 Å². The molecule has 0 aromatic carbocycles. The third-order valence-electron chi connectivity index (χ3n) is 2.56. The van der Waals surface area contributed by atoms with Crippen molar-refractivity contribution in [2.24, 2.45) is 0 Å². The van der Waals surface area contributed by atoms with Crippen molar-refractivity contribution in [1.29, 1.82) is 0 Å². The van der Waals surface area contributed by atoms with Gasteiger partial charge in [-0.25, -0.2) is 9.37 Å². The van der Waals surface area contributed by atoms with Crippen LogP contribution in [0.15, 0.2) is 46.0 Å². The normalized spacial score (nSPS) is 10.8. The first-order valence-electron chi connectivity index (χ1n) is 5.56. The number of aromatic nitrogens is 2. The van der Waals surface area contributed by atoms with E-state index < -0.39 is 5.82 Å². The number of halogens is 1. The van der Waals surface area contributed by atoms with E-state index in [1.165, 1.54) is 28.2 Å². The Bertz CT molecular complexity index is 746. The van der Waals surface area contributed by atoms with Gasteiger partial charge in [0, 0.05) is 17.6 Å². The zero-order valence-electron chi connectivity index (χ0n) is 9.75. The number of nitrogens with zero attached hydrogens (tertiary/aromatic N) is 2. The molecule has 0 saturated carbocycles. The van der Waals surface area contributed by atoms with Gasteiger partial charge in [0.05, 0.1) is 17.1 Å². The Hall–Kier alpha value is -1.79. The van der Waals surface area contributed by atoms with Gasteiger partial charge in [0.2, 0.25) is 0 Å². The van der Waals surface area contributed by atoms with Crippen LogP contribution in [0.25, 0.3) is 9.88 Å². The summed E-state index contributed by atoms with van der Waals surface area (Å²) in [4.78, 5) is 17.2. The Morgan fingerprint density at radius 3 is 2.95 bits per heavy atom. The van der Waals surface area contributed by atoms with Gasteiger partial charge in [-0.1, -0.05) is 6.07 Å². The van der Waals surface area contributed by atoms with E-state index in [-0.39, 0.29) is 5.56 Å². The summed E-state index contributed by atoms with van der Waals surface area (Å²) in [6.07, 6.45) is 1.20. The number of thiazole rings is 1. The summed E-state index contributed by atoms with van der Waals surface area (Å²) >= 11 is 3.15. The van der Waals surface area contributed by atoms with E-state index in [4.69, 9.17) is 0 Å². The van der Waals surface area contributed by atoms with E-state index in [1.54, 1.807) is 11.3 Å². The predicted octanol–water partition coefficient (Wildman–Crippen LogP) is 3.22. The molecule has 0 radical (unpaired) electrons. The molecule has 0 unspecified atom stereocenters. The maximum atomic E-state index is 13.1. The lowest BCUT2D eigenvalue weighted by Crippen LogP contribution is -2.19. The Morgan fingerprint density at radius 2 is 2.16 bits per heavy atom. The highest BCUT2D eigenvalue weighted by Gasteiger charge is 2.07. The van der Waals surface area contributed by atoms with E-state index in [0.29, 0.717) is 6.54 Å². The molecule has 3 aromatic heterocycles. The van der Waals surface area contributed by atoms with Gasteiger partial charge in [0.15, 0.2) is 0 Å². The van der Waals surface area contributed by atoms with Crippen LogP contribution in [0, 0.1) is 5.82 Å². The van der Waals surface area contributed by atoms with Gasteiger partial charge < -0.3 is 4.57 Å². The molecule has 3 rings (SSSR count). The minimum Gasteiger partial charge on any atom is -0.307 e. The lowest BCUT2D eigenvalue weighted by atomic mass is 10.4. The van der Waals surface area contributed by atoms with Gasteiger partial charge >= 0.3 is 0 Å². The standard InChI is InChI=1S/C13H9FN2OS2/c14-9-3-4-12(17)16(6-9)7-10-8-19-13(15-10)11-2-1-5-18-11/h1-6,8H,7H2. The van der Waals surface area contributed by atoms with Crippen LogP contribution in [0.3, 0.4) is 0 Å². The van der Waals surface area contributed by atoms with Crippen LogP contribution in [0.1, 0.15) is 5.69 Å². The predicted molar refractivity (Wildman–Crippen MR) is 75.2 cm³/mol. The molecule has 0 spiro atoms. The van der Waals surface area contributed by atoms with Gasteiger partial charge in [-0.2, -0.15) is 0 Å². The number of hydrogen-bond acceptors (Lipinski definition) is 4. The fourth-order valence-electron chi connectivity index (χ4n) is 1.69. The number of rotatable bonds is 3. The molecule has 3 heterocycles. The Labute approximate surface area is 116 Å². The molecule has 0 N–H and O–H groups in total. The first-order valence-corrected chi connectivity index (χ1v) is 7.32. The minimum atomic E-state index is -0.423. The quantitative estimate of drug-likeness (QED) is 0.743. The SMILES string of the molecule is O=c1ccc(F)cn1Cc1csc(-c2cccs2)n1. The van der Waals surface area contributed by atoms with Gasteiger partial charge in [0.1, 0.15) is 10.8 Å². The summed E-state index contributed by atoms with van der Waals surface area (Å²) in [6, 6.07) is 6.36. The highest BCUT2D eigenvalue weighted by Crippen LogP contribution is 2.27. The van der Waals surface area contributed by atoms with Gasteiger partial charge in [-0.15, -0.1) is 22.7 Å². The van der Waals surface area contributed by atoms with E-state index in [2.05, 4.69) is 4.98 Å². The van der Waals surface area contributed by atoms with Crippen molar-refractivity contribution in [3.8, 4) is 9.88 Å². The van der Waals surface area contributed by atoms with Crippen molar-refractivity contribution in [3.05, 3.63) is 63.1 Å². The fourth-order valence-corrected chi connectivity index (χ4v) is 3.32. The average molecular weight is 292 g/mol. The summed E-state index contributed by atoms with van der Waals surface area (Å²) in [5, 5.41) is 4.81. The Balaban J connectivity index is 1.88. The van der Waals surface area contributed by atoms with Crippen LogP contribution < -0.4 is 5.56 Å². The molecule has 0 aliphatic carbocycles. The molecule has 6 heteroatoms. The van der Waals surface area contributed by atoms with Gasteiger partial charge in [-0.3, -0.25) is 4.79 Å². The number of thiophene rings is 1. The monoisotopic (exact) mass is 292 g/mol. The van der Waals surface area contributed by atoms with Crippen molar-refractivity contribution in [1.82, 2.24) is 9.55 Å². The van der Waals surface area contributed by atoms with Crippen LogP contribution in [0.2, 0.25) is 0 Å². The molecule has 0 aliphatic rings. The second-order valence-corrected chi connectivity index (χ2v) is 5.74. The molecule has 0 amide bonds. The van der Waals surface area contributed by atoms with Crippen LogP contribution >= 0.6 is 22.7 Å². The molecule has 0 bridgehead atoms. The van der Waals surface area contributed by atoms with Crippen molar-refractivity contribution in [2.75, 3.05) is 0 Å². The second kappa shape index (κ2) is 5.07. The summed E-state index contributed by atoms with van der Waals surface area (Å²) < 4.78 is 14.4. The third kappa shape index (κ3) is 2.64. The lowest BCUT2D eigenvalue weighted by molar-refractivity contribution is 0.594. The maximum absolute atomic E-state index is 13.1. The Morgan fingerprint density at radius 1 is 1.26 bits per heavy atom. The molecule has 0 saturated heterocycles. The first kappa shape index (κ1) is 12.3. The first-order chi connectivity index (χ1) is 9.22. The molecule has 0 aliphatic heterocycles. The molecule has 19 heavy (non-hydrogen) atoms. The molecule has 0 atom stereocenters. The molecular formula is C13H9FN2OS2. The van der Waals surface area contributed by atoms with E-state index in [1.807, 2.05) is 22.9 Å². The lowest BCUT2D eigenvalue weighted by Gasteiger charge is -2.02. The minimum absolute atomic E-state index is 0.230. The number of pyridine rings is 1.